The van der Waals surface area contributed by atoms with Crippen LogP contribution >= 0.6 is 11.8 Å². The lowest BCUT2D eigenvalue weighted by molar-refractivity contribution is 0.581. The molecule has 2 nitrogen and oxygen atoms in total. The highest BCUT2D eigenvalue weighted by molar-refractivity contribution is 6.13. The molecular formula is C6H6ClFN2. The van der Waals surface area contributed by atoms with Crippen LogP contribution in [0.25, 0.3) is 0 Å². The number of hydrogen-bond donors (Lipinski definition) is 1. The predicted molar refractivity (Wildman–Crippen MR) is 36.9 cm³/mol. The molecule has 4 heteroatoms. The summed E-state index contributed by atoms with van der Waals surface area (Å²) < 4.78 is 12.3. The first kappa shape index (κ1) is 7.44. The van der Waals surface area contributed by atoms with E-state index in [1.165, 1.54) is 12.3 Å². The summed E-state index contributed by atoms with van der Waals surface area (Å²) in [6.07, 6.45) is 1.40. The second-order valence-electron chi connectivity index (χ2n) is 1.80. The van der Waals surface area contributed by atoms with Gasteiger partial charge in [0.1, 0.15) is 0 Å². The fourth-order valence-electron chi connectivity index (χ4n) is 0.630. The molecule has 0 amide bonds. The molecule has 1 N–H and O–H groups in total. The lowest BCUT2D eigenvalue weighted by Gasteiger charge is -1.95. The Balaban J connectivity index is 2.75. The third-order valence-corrected chi connectivity index (χ3v) is 1.20. The third kappa shape index (κ3) is 1.93. The average molecular weight is 161 g/mol. The van der Waals surface area contributed by atoms with E-state index >= 15 is 0 Å². The topological polar surface area (TPSA) is 24.9 Å². The Bertz CT molecular complexity index is 217. The maximum Gasteiger partial charge on any atom is 0.213 e. The Hall–Kier alpha value is -0.670. The van der Waals surface area contributed by atoms with Gasteiger partial charge in [-0.2, -0.15) is 4.39 Å². The minimum Gasteiger partial charge on any atom is -0.229 e. The van der Waals surface area contributed by atoms with Gasteiger partial charge in [-0.15, -0.1) is 0 Å². The van der Waals surface area contributed by atoms with Gasteiger partial charge in [-0.1, -0.05) is 0 Å². The van der Waals surface area contributed by atoms with Crippen LogP contribution in [0.3, 0.4) is 0 Å². The normalized spacial score (nSPS) is 9.80. The number of nitrogens with one attached hydrogen (secondary N) is 1. The molecule has 0 atom stereocenters. The summed E-state index contributed by atoms with van der Waals surface area (Å²) in [6.45, 7) is 0.445. The van der Waals surface area contributed by atoms with E-state index < -0.39 is 5.95 Å². The second kappa shape index (κ2) is 3.49. The molecule has 1 aromatic heterocycles. The van der Waals surface area contributed by atoms with Crippen molar-refractivity contribution in [2.45, 2.75) is 6.54 Å². The average Bonchev–Trinajstić information content (AvgIpc) is 1.88. The van der Waals surface area contributed by atoms with E-state index in [1.807, 2.05) is 0 Å². The lowest BCUT2D eigenvalue weighted by Crippen LogP contribution is -1.98. The fraction of sp³-hybridized carbons (Fsp3) is 0.167. The second-order valence-corrected chi connectivity index (χ2v) is 2.06. The van der Waals surface area contributed by atoms with Gasteiger partial charge in [-0.05, 0) is 29.5 Å². The van der Waals surface area contributed by atoms with Crippen molar-refractivity contribution in [3.63, 3.8) is 0 Å². The molecule has 10 heavy (non-hydrogen) atoms. The molecule has 1 rings (SSSR count). The molecule has 0 unspecified atom stereocenters. The van der Waals surface area contributed by atoms with Crippen LogP contribution in [0, 0.1) is 5.95 Å². The van der Waals surface area contributed by atoms with E-state index in [1.54, 1.807) is 6.07 Å². The van der Waals surface area contributed by atoms with Crippen molar-refractivity contribution >= 4 is 11.8 Å². The van der Waals surface area contributed by atoms with E-state index in [2.05, 4.69) is 9.82 Å². The van der Waals surface area contributed by atoms with Gasteiger partial charge in [0.15, 0.2) is 0 Å². The number of aromatic nitrogens is 1. The van der Waals surface area contributed by atoms with Crippen LogP contribution in [0.5, 0.6) is 0 Å². The highest BCUT2D eigenvalue weighted by atomic mass is 35.5. The van der Waals surface area contributed by atoms with Gasteiger partial charge < -0.3 is 0 Å². The molecule has 0 saturated heterocycles. The van der Waals surface area contributed by atoms with Crippen LogP contribution in [0.2, 0.25) is 0 Å². The Morgan fingerprint density at radius 2 is 2.50 bits per heavy atom. The zero-order chi connectivity index (χ0) is 7.40. The van der Waals surface area contributed by atoms with Gasteiger partial charge in [-0.25, -0.2) is 9.82 Å². The highest BCUT2D eigenvalue weighted by Crippen LogP contribution is 1.99. The molecule has 0 radical (unpaired) electrons. The molecule has 1 heterocycles. The molecule has 0 bridgehead atoms. The van der Waals surface area contributed by atoms with E-state index in [0.29, 0.717) is 6.54 Å². The quantitative estimate of drug-likeness (QED) is 0.524. The highest BCUT2D eigenvalue weighted by Gasteiger charge is 1.92. The summed E-state index contributed by atoms with van der Waals surface area (Å²) in [4.78, 5) is 5.77. The molecule has 0 spiro atoms. The third-order valence-electron chi connectivity index (χ3n) is 1.06. The maximum absolute atomic E-state index is 12.3. The van der Waals surface area contributed by atoms with Gasteiger partial charge in [0.25, 0.3) is 0 Å². The summed E-state index contributed by atoms with van der Waals surface area (Å²) in [5.74, 6) is -0.482. The Morgan fingerprint density at radius 3 is 3.10 bits per heavy atom. The van der Waals surface area contributed by atoms with Crippen LogP contribution < -0.4 is 4.84 Å². The minimum atomic E-state index is -0.482. The first-order valence-corrected chi connectivity index (χ1v) is 3.14. The van der Waals surface area contributed by atoms with Crippen LogP contribution in [-0.4, -0.2) is 4.98 Å². The zero-order valence-corrected chi connectivity index (χ0v) is 5.90. The van der Waals surface area contributed by atoms with Gasteiger partial charge in [-0.3, -0.25) is 0 Å². The Kier molecular flexibility index (Phi) is 2.59. The van der Waals surface area contributed by atoms with E-state index in [0.717, 1.165) is 5.56 Å². The summed E-state index contributed by atoms with van der Waals surface area (Å²) in [7, 11) is 0. The van der Waals surface area contributed by atoms with E-state index in [-0.39, 0.29) is 0 Å². The predicted octanol–water partition coefficient (Wildman–Crippen LogP) is 1.46. The van der Waals surface area contributed by atoms with Crippen molar-refractivity contribution in [1.82, 2.24) is 9.82 Å². The molecule has 0 fully saturated rings. The molecule has 1 aromatic rings. The van der Waals surface area contributed by atoms with Crippen molar-refractivity contribution in [3.8, 4) is 0 Å². The van der Waals surface area contributed by atoms with Crippen LogP contribution in [0.1, 0.15) is 5.56 Å². The molecule has 54 valence electrons. The molecular weight excluding hydrogens is 155 g/mol. The smallest absolute Gasteiger partial charge is 0.213 e. The first-order valence-electron chi connectivity index (χ1n) is 2.77. The Morgan fingerprint density at radius 1 is 1.70 bits per heavy atom. The van der Waals surface area contributed by atoms with Crippen LogP contribution in [0.4, 0.5) is 4.39 Å². The van der Waals surface area contributed by atoms with Crippen molar-refractivity contribution in [2.75, 3.05) is 0 Å². The molecule has 0 aliphatic carbocycles. The summed E-state index contributed by atoms with van der Waals surface area (Å²) >= 11 is 5.20. The number of hydrogen-bond acceptors (Lipinski definition) is 2. The van der Waals surface area contributed by atoms with Crippen molar-refractivity contribution in [1.29, 1.82) is 0 Å². The zero-order valence-electron chi connectivity index (χ0n) is 5.14. The SMILES string of the molecule is Fc1cc(CNCl)ccn1. The van der Waals surface area contributed by atoms with E-state index in [4.69, 9.17) is 11.8 Å². The summed E-state index contributed by atoms with van der Waals surface area (Å²) in [6, 6.07) is 3.02. The van der Waals surface area contributed by atoms with Crippen molar-refractivity contribution in [3.05, 3.63) is 29.8 Å². The summed E-state index contributed by atoms with van der Waals surface area (Å²) in [5, 5.41) is 0. The summed E-state index contributed by atoms with van der Waals surface area (Å²) in [5.41, 5.74) is 0.780. The van der Waals surface area contributed by atoms with Crippen LogP contribution in [-0.2, 0) is 6.54 Å². The number of pyridine rings is 1. The van der Waals surface area contributed by atoms with Gasteiger partial charge in [0, 0.05) is 12.7 Å². The van der Waals surface area contributed by atoms with Crippen LogP contribution in [0.15, 0.2) is 18.3 Å². The fourth-order valence-corrected chi connectivity index (χ4v) is 0.784. The molecule has 0 saturated carbocycles. The molecule has 0 aliphatic rings. The van der Waals surface area contributed by atoms with Gasteiger partial charge in [0.2, 0.25) is 5.95 Å². The first-order chi connectivity index (χ1) is 4.83. The molecule has 0 aromatic carbocycles. The maximum atomic E-state index is 12.3. The van der Waals surface area contributed by atoms with Gasteiger partial charge >= 0.3 is 0 Å². The number of rotatable bonds is 2. The van der Waals surface area contributed by atoms with Crippen molar-refractivity contribution < 1.29 is 4.39 Å². The lowest BCUT2D eigenvalue weighted by atomic mass is 10.3. The molecule has 0 aliphatic heterocycles. The largest absolute Gasteiger partial charge is 0.229 e. The number of halogens is 2. The minimum absolute atomic E-state index is 0.445. The van der Waals surface area contributed by atoms with Gasteiger partial charge in [0.05, 0.1) is 0 Å². The monoisotopic (exact) mass is 160 g/mol. The Labute approximate surface area is 63.1 Å². The van der Waals surface area contributed by atoms with E-state index in [9.17, 15) is 4.39 Å². The standard InChI is InChI=1S/C6H6ClFN2/c7-10-4-5-1-2-9-6(8)3-5/h1-3,10H,4H2. The van der Waals surface area contributed by atoms with Crippen molar-refractivity contribution in [2.24, 2.45) is 0 Å². The number of nitrogens with zero attached hydrogens (tertiary/aromatic N) is 1.